The van der Waals surface area contributed by atoms with E-state index in [1.807, 2.05) is 0 Å². The van der Waals surface area contributed by atoms with E-state index in [0.717, 1.165) is 6.07 Å². The molecule has 0 saturated carbocycles. The van der Waals surface area contributed by atoms with Crippen molar-refractivity contribution in [3.63, 3.8) is 0 Å². The number of amides is 1. The maximum Gasteiger partial charge on any atom is 0.271 e. The molecule has 3 rings (SSSR count). The van der Waals surface area contributed by atoms with Gasteiger partial charge < -0.3 is 10.5 Å². The highest BCUT2D eigenvalue weighted by molar-refractivity contribution is 5.97. The quantitative estimate of drug-likeness (QED) is 0.751. The maximum atomic E-state index is 13.6. The van der Waals surface area contributed by atoms with Crippen LogP contribution in [-0.2, 0) is 6.61 Å². The van der Waals surface area contributed by atoms with Gasteiger partial charge in [0.05, 0.1) is 0 Å². The Morgan fingerprint density at radius 1 is 1.12 bits per heavy atom. The van der Waals surface area contributed by atoms with Gasteiger partial charge in [-0.25, -0.2) is 8.78 Å². The highest BCUT2D eigenvalue weighted by Gasteiger charge is 2.19. The van der Waals surface area contributed by atoms with Crippen molar-refractivity contribution in [2.45, 2.75) is 6.61 Å². The third kappa shape index (κ3) is 3.22. The highest BCUT2D eigenvalue weighted by atomic mass is 19.1. The fourth-order valence-electron chi connectivity index (χ4n) is 2.19. The highest BCUT2D eigenvalue weighted by Crippen LogP contribution is 2.31. The van der Waals surface area contributed by atoms with Crippen LogP contribution in [0.3, 0.4) is 0 Å². The Bertz CT molecular complexity index is 895. The van der Waals surface area contributed by atoms with Gasteiger partial charge in [0.15, 0.2) is 5.69 Å². The summed E-state index contributed by atoms with van der Waals surface area (Å²) in [6.45, 7) is 0.0119. The molecule has 3 aromatic rings. The largest absolute Gasteiger partial charge is 0.488 e. The number of nitrogens with two attached hydrogens (primary N) is 1. The van der Waals surface area contributed by atoms with Gasteiger partial charge in [-0.3, -0.25) is 4.79 Å². The standard InChI is InChI=1S/C16H12F2N4O2/c17-10-3-1-2-9(6-10)8-24-13-7-11(18)4-5-12(13)14-15(16(19)23)21-22-20-14/h1-7H,8H2,(H2,19,23)(H,20,21,22). The van der Waals surface area contributed by atoms with Crippen LogP contribution in [0.15, 0.2) is 42.5 Å². The molecule has 2 aromatic carbocycles. The topological polar surface area (TPSA) is 93.9 Å². The summed E-state index contributed by atoms with van der Waals surface area (Å²) in [5.41, 5.74) is 6.22. The molecule has 1 amide bonds. The Kier molecular flexibility index (Phi) is 4.19. The number of carbonyl (C=O) groups excluding carboxylic acids is 1. The van der Waals surface area contributed by atoms with Crippen molar-refractivity contribution in [2.75, 3.05) is 0 Å². The summed E-state index contributed by atoms with van der Waals surface area (Å²) >= 11 is 0. The van der Waals surface area contributed by atoms with E-state index in [2.05, 4.69) is 15.4 Å². The number of benzene rings is 2. The van der Waals surface area contributed by atoms with E-state index in [4.69, 9.17) is 10.5 Å². The summed E-state index contributed by atoms with van der Waals surface area (Å²) in [6, 6.07) is 9.59. The van der Waals surface area contributed by atoms with Crippen molar-refractivity contribution < 1.29 is 18.3 Å². The molecular weight excluding hydrogens is 318 g/mol. The summed E-state index contributed by atoms with van der Waals surface area (Å²) in [5.74, 6) is -1.57. The van der Waals surface area contributed by atoms with Gasteiger partial charge in [0, 0.05) is 11.6 Å². The van der Waals surface area contributed by atoms with Gasteiger partial charge >= 0.3 is 0 Å². The number of carbonyl (C=O) groups is 1. The molecule has 0 saturated heterocycles. The Morgan fingerprint density at radius 3 is 2.67 bits per heavy atom. The average Bonchev–Trinajstić information content (AvgIpc) is 3.03. The van der Waals surface area contributed by atoms with Crippen molar-refractivity contribution in [3.05, 3.63) is 65.4 Å². The number of hydrogen-bond donors (Lipinski definition) is 2. The van der Waals surface area contributed by atoms with Crippen LogP contribution in [0.2, 0.25) is 0 Å². The fourth-order valence-corrected chi connectivity index (χ4v) is 2.19. The first-order valence-electron chi connectivity index (χ1n) is 6.92. The van der Waals surface area contributed by atoms with Crippen LogP contribution >= 0.6 is 0 Å². The Morgan fingerprint density at radius 2 is 1.92 bits per heavy atom. The summed E-state index contributed by atoms with van der Waals surface area (Å²) in [5, 5.41) is 9.85. The number of nitrogens with one attached hydrogen (secondary N) is 1. The molecule has 0 aliphatic heterocycles. The van der Waals surface area contributed by atoms with Crippen molar-refractivity contribution in [1.82, 2.24) is 15.4 Å². The van der Waals surface area contributed by atoms with E-state index in [1.54, 1.807) is 12.1 Å². The van der Waals surface area contributed by atoms with Crippen molar-refractivity contribution in [1.29, 1.82) is 0 Å². The second kappa shape index (κ2) is 6.45. The number of H-pyrrole nitrogens is 1. The van der Waals surface area contributed by atoms with Gasteiger partial charge in [-0.2, -0.15) is 15.4 Å². The molecular formula is C16H12F2N4O2. The number of aromatic nitrogens is 3. The number of nitrogens with zero attached hydrogens (tertiary/aromatic N) is 2. The van der Waals surface area contributed by atoms with Crippen LogP contribution in [0.5, 0.6) is 5.75 Å². The van der Waals surface area contributed by atoms with Crippen molar-refractivity contribution in [2.24, 2.45) is 5.73 Å². The lowest BCUT2D eigenvalue weighted by molar-refractivity contribution is 0.0996. The average molecular weight is 330 g/mol. The molecule has 6 nitrogen and oxygen atoms in total. The zero-order chi connectivity index (χ0) is 17.1. The van der Waals surface area contributed by atoms with Gasteiger partial charge in [0.1, 0.15) is 29.7 Å². The van der Waals surface area contributed by atoms with Crippen LogP contribution in [0.1, 0.15) is 16.1 Å². The Balaban J connectivity index is 1.94. The van der Waals surface area contributed by atoms with E-state index in [9.17, 15) is 13.6 Å². The molecule has 0 radical (unpaired) electrons. The number of primary amides is 1. The van der Waals surface area contributed by atoms with Crippen molar-refractivity contribution in [3.8, 4) is 17.0 Å². The lowest BCUT2D eigenvalue weighted by atomic mass is 10.1. The van der Waals surface area contributed by atoms with Crippen LogP contribution in [0.4, 0.5) is 8.78 Å². The van der Waals surface area contributed by atoms with Crippen molar-refractivity contribution >= 4 is 5.91 Å². The monoisotopic (exact) mass is 330 g/mol. The molecule has 1 aromatic heterocycles. The number of rotatable bonds is 5. The van der Waals surface area contributed by atoms with Gasteiger partial charge in [0.2, 0.25) is 0 Å². The van der Waals surface area contributed by atoms with Crippen LogP contribution in [0, 0.1) is 11.6 Å². The molecule has 0 spiro atoms. The first kappa shape index (κ1) is 15.6. The number of halogens is 2. The maximum absolute atomic E-state index is 13.6. The molecule has 1 heterocycles. The minimum Gasteiger partial charge on any atom is -0.488 e. The molecule has 0 atom stereocenters. The minimum absolute atomic E-state index is 0.0119. The number of ether oxygens (including phenoxy) is 1. The smallest absolute Gasteiger partial charge is 0.271 e. The molecule has 24 heavy (non-hydrogen) atoms. The van der Waals surface area contributed by atoms with E-state index in [-0.39, 0.29) is 23.7 Å². The second-order valence-electron chi connectivity index (χ2n) is 4.94. The van der Waals surface area contributed by atoms with E-state index in [0.29, 0.717) is 11.1 Å². The normalized spacial score (nSPS) is 10.6. The zero-order valence-corrected chi connectivity index (χ0v) is 12.3. The minimum atomic E-state index is -0.779. The Labute approximate surface area is 135 Å². The zero-order valence-electron chi connectivity index (χ0n) is 12.3. The van der Waals surface area contributed by atoms with Crippen LogP contribution < -0.4 is 10.5 Å². The first-order chi connectivity index (χ1) is 11.5. The molecule has 0 unspecified atom stereocenters. The van der Waals surface area contributed by atoms with E-state index >= 15 is 0 Å². The lowest BCUT2D eigenvalue weighted by Gasteiger charge is -2.11. The molecule has 122 valence electrons. The van der Waals surface area contributed by atoms with Gasteiger partial charge in [-0.05, 0) is 29.8 Å². The molecule has 3 N–H and O–H groups in total. The summed E-state index contributed by atoms with van der Waals surface area (Å²) in [6.07, 6.45) is 0. The van der Waals surface area contributed by atoms with Gasteiger partial charge in [0.25, 0.3) is 5.91 Å². The molecule has 8 heteroatoms. The SMILES string of the molecule is NC(=O)c1n[nH]nc1-c1ccc(F)cc1OCc1cccc(F)c1. The number of aromatic amines is 1. The summed E-state index contributed by atoms with van der Waals surface area (Å²) < 4.78 is 32.4. The molecule has 0 aliphatic rings. The third-order valence-electron chi connectivity index (χ3n) is 3.26. The lowest BCUT2D eigenvalue weighted by Crippen LogP contribution is -2.13. The molecule has 0 bridgehead atoms. The summed E-state index contributed by atoms with van der Waals surface area (Å²) in [4.78, 5) is 11.4. The fraction of sp³-hybridized carbons (Fsp3) is 0.0625. The van der Waals surface area contributed by atoms with E-state index < -0.39 is 17.5 Å². The molecule has 0 aliphatic carbocycles. The Hall–Kier alpha value is -3.29. The summed E-state index contributed by atoms with van der Waals surface area (Å²) in [7, 11) is 0. The van der Waals surface area contributed by atoms with Crippen LogP contribution in [0.25, 0.3) is 11.3 Å². The van der Waals surface area contributed by atoms with Gasteiger partial charge in [-0.15, -0.1) is 0 Å². The van der Waals surface area contributed by atoms with E-state index in [1.165, 1.54) is 24.3 Å². The predicted octanol–water partition coefficient (Wildman–Crippen LogP) is 2.43. The van der Waals surface area contributed by atoms with Crippen LogP contribution in [-0.4, -0.2) is 21.3 Å². The van der Waals surface area contributed by atoms with Gasteiger partial charge in [-0.1, -0.05) is 12.1 Å². The predicted molar refractivity (Wildman–Crippen MR) is 81.0 cm³/mol. The first-order valence-corrected chi connectivity index (χ1v) is 6.92. The number of hydrogen-bond acceptors (Lipinski definition) is 4. The molecule has 0 fully saturated rings. The third-order valence-corrected chi connectivity index (χ3v) is 3.26. The second-order valence-corrected chi connectivity index (χ2v) is 4.94.